The lowest BCUT2D eigenvalue weighted by Crippen LogP contribution is -2.37. The molecule has 1 amide bonds. The van der Waals surface area contributed by atoms with Crippen molar-refractivity contribution in [3.8, 4) is 6.19 Å². The fourth-order valence-electron chi connectivity index (χ4n) is 3.92. The van der Waals surface area contributed by atoms with Gasteiger partial charge in [-0.2, -0.15) is 5.26 Å². The largest absolute Gasteiger partial charge is 0.368 e. The molecule has 156 valence electrons. The van der Waals surface area contributed by atoms with E-state index in [9.17, 15) is 4.79 Å². The molecule has 8 nitrogen and oxygen atoms in total. The number of nitriles is 1. The fraction of sp³-hybridized carbons (Fsp3) is 0.619. The number of nitrogens with zero attached hydrogens (tertiary/aromatic N) is 4. The first kappa shape index (κ1) is 21.1. The summed E-state index contributed by atoms with van der Waals surface area (Å²) in [6.45, 7) is 3.23. The van der Waals surface area contributed by atoms with Crippen LogP contribution in [0.25, 0.3) is 0 Å². The zero-order chi connectivity index (χ0) is 20.3. The van der Waals surface area contributed by atoms with Gasteiger partial charge in [-0.1, -0.05) is 12.8 Å². The van der Waals surface area contributed by atoms with E-state index in [-0.39, 0.29) is 12.0 Å². The standard InChI is InChI=1S/C21H30N6O2/c22-16-25-21(26-18-7-11-23-12-8-18)24-10-3-1-2-5-17-9-13-27(15-17)20(28)19-6-4-14-29-19/h7-8,11-12,17,19H,1-6,9-10,13-15H2,(H2,23,24,25,26). The van der Waals surface area contributed by atoms with Crippen LogP contribution in [0, 0.1) is 17.4 Å². The molecule has 2 aliphatic rings. The highest BCUT2D eigenvalue weighted by molar-refractivity contribution is 5.94. The first-order chi connectivity index (χ1) is 14.3. The molecule has 2 saturated heterocycles. The summed E-state index contributed by atoms with van der Waals surface area (Å²) in [6.07, 6.45) is 12.4. The van der Waals surface area contributed by atoms with Crippen LogP contribution in [-0.4, -0.2) is 54.1 Å². The maximum absolute atomic E-state index is 12.4. The van der Waals surface area contributed by atoms with Gasteiger partial charge in [-0.3, -0.25) is 9.78 Å². The third kappa shape index (κ3) is 6.71. The molecule has 0 aromatic carbocycles. The fourth-order valence-corrected chi connectivity index (χ4v) is 3.92. The molecule has 29 heavy (non-hydrogen) atoms. The van der Waals surface area contributed by atoms with Crippen LogP contribution < -0.4 is 10.6 Å². The summed E-state index contributed by atoms with van der Waals surface area (Å²) >= 11 is 0. The van der Waals surface area contributed by atoms with Crippen LogP contribution in [0.15, 0.2) is 29.5 Å². The Labute approximate surface area is 172 Å². The summed E-state index contributed by atoms with van der Waals surface area (Å²) in [5.41, 5.74) is 0.838. The first-order valence-electron chi connectivity index (χ1n) is 10.5. The normalized spacial score (nSPS) is 21.8. The number of ether oxygens (including phenoxy) is 1. The number of guanidine groups is 1. The van der Waals surface area contributed by atoms with Crippen molar-refractivity contribution in [1.29, 1.82) is 5.26 Å². The molecule has 2 unspecified atom stereocenters. The van der Waals surface area contributed by atoms with Crippen LogP contribution in [0.5, 0.6) is 0 Å². The number of pyridine rings is 1. The van der Waals surface area contributed by atoms with Crippen LogP contribution in [-0.2, 0) is 9.53 Å². The summed E-state index contributed by atoms with van der Waals surface area (Å²) in [4.78, 5) is 22.2. The van der Waals surface area contributed by atoms with Crippen molar-refractivity contribution < 1.29 is 9.53 Å². The molecule has 8 heteroatoms. The van der Waals surface area contributed by atoms with Gasteiger partial charge in [0.2, 0.25) is 12.2 Å². The highest BCUT2D eigenvalue weighted by Crippen LogP contribution is 2.24. The van der Waals surface area contributed by atoms with Gasteiger partial charge in [-0.05, 0) is 50.2 Å². The molecular weight excluding hydrogens is 368 g/mol. The second kappa shape index (κ2) is 11.4. The van der Waals surface area contributed by atoms with Crippen LogP contribution in [0.2, 0.25) is 0 Å². The van der Waals surface area contributed by atoms with Crippen molar-refractivity contribution in [2.24, 2.45) is 10.9 Å². The number of hydrogen-bond donors (Lipinski definition) is 2. The lowest BCUT2D eigenvalue weighted by molar-refractivity contribution is -0.139. The number of hydrogen-bond acceptors (Lipinski definition) is 5. The Morgan fingerprint density at radius 2 is 2.17 bits per heavy atom. The molecule has 0 radical (unpaired) electrons. The van der Waals surface area contributed by atoms with Gasteiger partial charge in [0.25, 0.3) is 5.91 Å². The van der Waals surface area contributed by atoms with Gasteiger partial charge >= 0.3 is 0 Å². The predicted molar refractivity (Wildman–Crippen MR) is 111 cm³/mol. The number of likely N-dealkylation sites (tertiary alicyclic amines) is 1. The van der Waals surface area contributed by atoms with E-state index >= 15 is 0 Å². The van der Waals surface area contributed by atoms with Crippen molar-refractivity contribution in [3.05, 3.63) is 24.5 Å². The molecule has 3 heterocycles. The summed E-state index contributed by atoms with van der Waals surface area (Å²) in [7, 11) is 0. The lowest BCUT2D eigenvalue weighted by Gasteiger charge is -2.20. The van der Waals surface area contributed by atoms with Crippen molar-refractivity contribution in [2.45, 2.75) is 51.0 Å². The minimum Gasteiger partial charge on any atom is -0.368 e. The summed E-state index contributed by atoms with van der Waals surface area (Å²) < 4.78 is 5.53. The van der Waals surface area contributed by atoms with Gasteiger partial charge in [0.1, 0.15) is 6.10 Å². The van der Waals surface area contributed by atoms with E-state index < -0.39 is 0 Å². The smallest absolute Gasteiger partial charge is 0.251 e. The Morgan fingerprint density at radius 1 is 1.31 bits per heavy atom. The molecule has 0 bridgehead atoms. The molecule has 2 N–H and O–H groups in total. The molecule has 0 aliphatic carbocycles. The Morgan fingerprint density at radius 3 is 2.93 bits per heavy atom. The van der Waals surface area contributed by atoms with E-state index in [0.29, 0.717) is 11.9 Å². The molecule has 1 aromatic heterocycles. The highest BCUT2D eigenvalue weighted by atomic mass is 16.5. The van der Waals surface area contributed by atoms with Crippen molar-refractivity contribution >= 4 is 17.6 Å². The average Bonchev–Trinajstić information content (AvgIpc) is 3.43. The quantitative estimate of drug-likeness (QED) is 0.302. The number of amides is 1. The predicted octanol–water partition coefficient (Wildman–Crippen LogP) is 2.51. The van der Waals surface area contributed by atoms with Crippen LogP contribution in [0.4, 0.5) is 5.69 Å². The minimum absolute atomic E-state index is 0.190. The van der Waals surface area contributed by atoms with Crippen LogP contribution in [0.3, 0.4) is 0 Å². The first-order valence-corrected chi connectivity index (χ1v) is 10.5. The Hall–Kier alpha value is -2.66. The van der Waals surface area contributed by atoms with Gasteiger partial charge in [0, 0.05) is 44.3 Å². The molecule has 2 atom stereocenters. The minimum atomic E-state index is -0.190. The van der Waals surface area contributed by atoms with E-state index in [1.165, 1.54) is 0 Å². The average molecular weight is 399 g/mol. The van der Waals surface area contributed by atoms with Crippen LogP contribution >= 0.6 is 0 Å². The van der Waals surface area contributed by atoms with E-state index in [1.54, 1.807) is 12.4 Å². The van der Waals surface area contributed by atoms with Crippen molar-refractivity contribution in [1.82, 2.24) is 15.2 Å². The number of rotatable bonds is 8. The zero-order valence-electron chi connectivity index (χ0n) is 16.8. The summed E-state index contributed by atoms with van der Waals surface area (Å²) in [5, 5.41) is 15.1. The van der Waals surface area contributed by atoms with E-state index in [0.717, 1.165) is 76.9 Å². The number of aliphatic imine (C=N–C) groups is 1. The van der Waals surface area contributed by atoms with Gasteiger partial charge in [-0.15, -0.1) is 4.99 Å². The third-order valence-electron chi connectivity index (χ3n) is 5.49. The molecule has 0 saturated carbocycles. The van der Waals surface area contributed by atoms with Crippen molar-refractivity contribution in [3.63, 3.8) is 0 Å². The lowest BCUT2D eigenvalue weighted by atomic mass is 10.0. The molecule has 0 spiro atoms. The number of unbranched alkanes of at least 4 members (excludes halogenated alkanes) is 2. The molecular formula is C21H30N6O2. The monoisotopic (exact) mass is 398 g/mol. The van der Waals surface area contributed by atoms with Crippen molar-refractivity contribution in [2.75, 3.05) is 31.6 Å². The number of aromatic nitrogens is 1. The summed E-state index contributed by atoms with van der Waals surface area (Å²) in [6, 6.07) is 3.64. The highest BCUT2D eigenvalue weighted by Gasteiger charge is 2.32. The van der Waals surface area contributed by atoms with Crippen LogP contribution in [0.1, 0.15) is 44.9 Å². The Kier molecular flexibility index (Phi) is 8.25. The molecule has 3 rings (SSSR count). The Bertz CT molecular complexity index is 712. The van der Waals surface area contributed by atoms with Gasteiger partial charge in [-0.25, -0.2) is 0 Å². The van der Waals surface area contributed by atoms with Gasteiger partial charge in [0.15, 0.2) is 0 Å². The number of carbonyl (C=O) groups excluding carboxylic acids is 1. The zero-order valence-corrected chi connectivity index (χ0v) is 16.8. The SMILES string of the molecule is N#CN=C(NCCCCCC1CCN(C(=O)C2CCCO2)C1)Nc1ccncc1. The van der Waals surface area contributed by atoms with E-state index in [1.807, 2.05) is 23.2 Å². The number of nitrogens with one attached hydrogen (secondary N) is 2. The topological polar surface area (TPSA) is 103 Å². The molecule has 2 fully saturated rings. The molecule has 1 aromatic rings. The Balaban J connectivity index is 1.27. The second-order valence-corrected chi connectivity index (χ2v) is 7.64. The van der Waals surface area contributed by atoms with Gasteiger partial charge in [0.05, 0.1) is 0 Å². The van der Waals surface area contributed by atoms with E-state index in [2.05, 4.69) is 20.6 Å². The number of carbonyl (C=O) groups is 1. The maximum Gasteiger partial charge on any atom is 0.251 e. The van der Waals surface area contributed by atoms with Gasteiger partial charge < -0.3 is 20.3 Å². The third-order valence-corrected chi connectivity index (χ3v) is 5.49. The molecule has 2 aliphatic heterocycles. The second-order valence-electron chi connectivity index (χ2n) is 7.64. The maximum atomic E-state index is 12.4. The van der Waals surface area contributed by atoms with E-state index in [4.69, 9.17) is 10.00 Å². The number of anilines is 1. The summed E-state index contributed by atoms with van der Waals surface area (Å²) in [5.74, 6) is 1.26.